The largest absolute Gasteiger partial charge is 0.488 e. The molecular formula is C13H18O5. The van der Waals surface area contributed by atoms with E-state index in [2.05, 4.69) is 0 Å². The summed E-state index contributed by atoms with van der Waals surface area (Å²) in [5.74, 6) is -1.87. The van der Waals surface area contributed by atoms with E-state index in [4.69, 9.17) is 14.9 Å². The minimum Gasteiger partial charge on any atom is -0.488 e. The van der Waals surface area contributed by atoms with Crippen molar-refractivity contribution in [3.8, 4) is 5.75 Å². The molecule has 0 heterocycles. The third-order valence-corrected chi connectivity index (χ3v) is 2.18. The number of benzene rings is 1. The van der Waals surface area contributed by atoms with Gasteiger partial charge in [0.2, 0.25) is 0 Å². The van der Waals surface area contributed by atoms with Gasteiger partial charge in [0, 0.05) is 5.56 Å². The smallest absolute Gasteiger partial charge is 0.194 e. The Morgan fingerprint density at radius 3 is 2.00 bits per heavy atom. The topological polar surface area (TPSA) is 87.0 Å². The number of aliphatic hydroxyl groups is 3. The number of carbonyl (C=O) groups is 1. The molecule has 0 aliphatic carbocycles. The average molecular weight is 254 g/mol. The van der Waals surface area contributed by atoms with Crippen LogP contribution >= 0.6 is 0 Å². The maximum Gasteiger partial charge on any atom is 0.194 e. The summed E-state index contributed by atoms with van der Waals surface area (Å²) in [6.07, 6.45) is 0. The molecule has 0 spiro atoms. The van der Waals surface area contributed by atoms with Gasteiger partial charge in [-0.05, 0) is 45.0 Å². The van der Waals surface area contributed by atoms with E-state index >= 15 is 0 Å². The summed E-state index contributed by atoms with van der Waals surface area (Å²) < 4.78 is 5.12. The van der Waals surface area contributed by atoms with Crippen LogP contribution in [0, 0.1) is 0 Å². The predicted octanol–water partition coefficient (Wildman–Crippen LogP) is 0.720. The quantitative estimate of drug-likeness (QED) is 0.532. The fourth-order valence-electron chi connectivity index (χ4n) is 1.28. The lowest BCUT2D eigenvalue weighted by molar-refractivity contribution is -0.165. The lowest BCUT2D eigenvalue weighted by atomic mass is 9.97. The number of rotatable bonds is 5. The summed E-state index contributed by atoms with van der Waals surface area (Å²) in [6.45, 7) is 3.77. The van der Waals surface area contributed by atoms with E-state index in [-0.39, 0.29) is 12.4 Å². The molecule has 18 heavy (non-hydrogen) atoms. The standard InChI is InChI=1S/C13H18O5/c1-12(2,15)11(14)9-4-6-10(7-5-9)18-8-13(3,16)17/h4-7,15-17H,8H2,1-3H3. The molecule has 5 heteroatoms. The normalized spacial score (nSPS) is 12.3. The van der Waals surface area contributed by atoms with E-state index in [9.17, 15) is 9.90 Å². The summed E-state index contributed by atoms with van der Waals surface area (Å²) in [5, 5.41) is 27.7. The fraction of sp³-hybridized carbons (Fsp3) is 0.462. The van der Waals surface area contributed by atoms with Crippen LogP contribution in [0.3, 0.4) is 0 Å². The van der Waals surface area contributed by atoms with Crippen molar-refractivity contribution in [3.05, 3.63) is 29.8 Å². The summed E-state index contributed by atoms with van der Waals surface area (Å²) in [6, 6.07) is 6.10. The van der Waals surface area contributed by atoms with Crippen LogP contribution in [0.1, 0.15) is 31.1 Å². The highest BCUT2D eigenvalue weighted by atomic mass is 16.6. The van der Waals surface area contributed by atoms with Crippen molar-refractivity contribution in [1.29, 1.82) is 0 Å². The highest BCUT2D eigenvalue weighted by Gasteiger charge is 2.25. The van der Waals surface area contributed by atoms with E-state index in [1.165, 1.54) is 45.0 Å². The Labute approximate surface area is 106 Å². The molecule has 0 bridgehead atoms. The van der Waals surface area contributed by atoms with Crippen molar-refractivity contribution in [2.45, 2.75) is 32.2 Å². The molecule has 0 radical (unpaired) electrons. The monoisotopic (exact) mass is 254 g/mol. The van der Waals surface area contributed by atoms with Crippen molar-refractivity contribution in [2.24, 2.45) is 0 Å². The van der Waals surface area contributed by atoms with Crippen molar-refractivity contribution in [2.75, 3.05) is 6.61 Å². The number of Topliss-reactive ketones (excluding diaryl/α,β-unsaturated/α-hetero) is 1. The highest BCUT2D eigenvalue weighted by Crippen LogP contribution is 2.17. The van der Waals surface area contributed by atoms with Crippen molar-refractivity contribution >= 4 is 5.78 Å². The Morgan fingerprint density at radius 1 is 1.11 bits per heavy atom. The molecule has 0 aromatic heterocycles. The zero-order valence-corrected chi connectivity index (χ0v) is 10.7. The molecule has 1 rings (SSSR count). The van der Waals surface area contributed by atoms with Gasteiger partial charge in [0.25, 0.3) is 0 Å². The molecule has 0 atom stereocenters. The molecule has 1 aromatic rings. The van der Waals surface area contributed by atoms with Gasteiger partial charge in [0.1, 0.15) is 18.0 Å². The van der Waals surface area contributed by atoms with Crippen LogP contribution in [-0.2, 0) is 0 Å². The van der Waals surface area contributed by atoms with Gasteiger partial charge in [-0.15, -0.1) is 0 Å². The van der Waals surface area contributed by atoms with Gasteiger partial charge >= 0.3 is 0 Å². The zero-order chi connectivity index (χ0) is 14.0. The van der Waals surface area contributed by atoms with Crippen LogP contribution in [0.2, 0.25) is 0 Å². The second-order valence-electron chi connectivity index (χ2n) is 4.92. The van der Waals surface area contributed by atoms with E-state index < -0.39 is 11.4 Å². The van der Waals surface area contributed by atoms with Gasteiger partial charge in [-0.1, -0.05) is 0 Å². The van der Waals surface area contributed by atoms with Crippen LogP contribution in [0.5, 0.6) is 5.75 Å². The maximum absolute atomic E-state index is 11.7. The van der Waals surface area contributed by atoms with Crippen molar-refractivity contribution < 1.29 is 24.9 Å². The van der Waals surface area contributed by atoms with E-state index in [0.29, 0.717) is 11.3 Å². The summed E-state index contributed by atoms with van der Waals surface area (Å²) in [7, 11) is 0. The van der Waals surface area contributed by atoms with Gasteiger partial charge in [-0.2, -0.15) is 0 Å². The summed E-state index contributed by atoms with van der Waals surface area (Å²) in [5.41, 5.74) is -1.05. The average Bonchev–Trinajstić information content (AvgIpc) is 2.24. The van der Waals surface area contributed by atoms with Crippen LogP contribution in [-0.4, -0.2) is 39.1 Å². The molecule has 0 saturated carbocycles. The lowest BCUT2D eigenvalue weighted by Gasteiger charge is -2.17. The second-order valence-corrected chi connectivity index (χ2v) is 4.92. The van der Waals surface area contributed by atoms with Gasteiger partial charge in [0.05, 0.1) is 0 Å². The first-order valence-electron chi connectivity index (χ1n) is 5.54. The van der Waals surface area contributed by atoms with Gasteiger partial charge < -0.3 is 20.1 Å². The third-order valence-electron chi connectivity index (χ3n) is 2.18. The van der Waals surface area contributed by atoms with Gasteiger partial charge in [-0.3, -0.25) is 4.79 Å². The van der Waals surface area contributed by atoms with E-state index in [0.717, 1.165) is 0 Å². The molecule has 0 unspecified atom stereocenters. The molecule has 3 N–H and O–H groups in total. The number of carbonyl (C=O) groups excluding carboxylic acids is 1. The first-order chi connectivity index (χ1) is 8.09. The third kappa shape index (κ3) is 4.44. The van der Waals surface area contributed by atoms with Crippen molar-refractivity contribution in [1.82, 2.24) is 0 Å². The van der Waals surface area contributed by atoms with Gasteiger partial charge in [-0.25, -0.2) is 0 Å². The first kappa shape index (κ1) is 14.6. The zero-order valence-electron chi connectivity index (χ0n) is 10.7. The Hall–Kier alpha value is -1.43. The van der Waals surface area contributed by atoms with Crippen molar-refractivity contribution in [3.63, 3.8) is 0 Å². The molecule has 1 aromatic carbocycles. The Kier molecular flexibility index (Phi) is 4.11. The minimum atomic E-state index is -1.90. The minimum absolute atomic E-state index is 0.272. The number of ether oxygens (including phenoxy) is 1. The molecular weight excluding hydrogens is 236 g/mol. The Bertz CT molecular complexity index is 408. The SMILES string of the molecule is CC(O)(O)COc1ccc(C(=O)C(C)(C)O)cc1. The second kappa shape index (κ2) is 5.06. The van der Waals surface area contributed by atoms with E-state index in [1.54, 1.807) is 0 Å². The lowest BCUT2D eigenvalue weighted by Crippen LogP contribution is -2.31. The van der Waals surface area contributed by atoms with Crippen LogP contribution in [0.4, 0.5) is 0 Å². The predicted molar refractivity (Wildman–Crippen MR) is 65.4 cm³/mol. The molecule has 0 aliphatic rings. The van der Waals surface area contributed by atoms with Crippen LogP contribution in [0.25, 0.3) is 0 Å². The van der Waals surface area contributed by atoms with E-state index in [1.807, 2.05) is 0 Å². The molecule has 0 saturated heterocycles. The van der Waals surface area contributed by atoms with Crippen LogP contribution in [0.15, 0.2) is 24.3 Å². The number of ketones is 1. The Balaban J connectivity index is 2.72. The fourth-order valence-corrected chi connectivity index (χ4v) is 1.28. The molecule has 100 valence electrons. The first-order valence-corrected chi connectivity index (χ1v) is 5.54. The van der Waals surface area contributed by atoms with Gasteiger partial charge in [0.15, 0.2) is 11.6 Å². The van der Waals surface area contributed by atoms with Crippen LogP contribution < -0.4 is 4.74 Å². The Morgan fingerprint density at radius 2 is 1.61 bits per heavy atom. The molecule has 0 fully saturated rings. The summed E-state index contributed by atoms with van der Waals surface area (Å²) in [4.78, 5) is 11.7. The summed E-state index contributed by atoms with van der Waals surface area (Å²) >= 11 is 0. The highest BCUT2D eigenvalue weighted by molar-refractivity contribution is 6.01. The number of hydrogen-bond acceptors (Lipinski definition) is 5. The maximum atomic E-state index is 11.7. The molecule has 0 aliphatic heterocycles. The molecule has 5 nitrogen and oxygen atoms in total. The number of hydrogen-bond donors (Lipinski definition) is 3. The molecule has 0 amide bonds.